The van der Waals surface area contributed by atoms with Crippen molar-refractivity contribution < 1.29 is 0 Å². The summed E-state index contributed by atoms with van der Waals surface area (Å²) in [5.41, 5.74) is 1.19. The van der Waals surface area contributed by atoms with Crippen LogP contribution in [0.15, 0.2) is 17.5 Å². The normalized spacial score (nSPS) is 45.6. The van der Waals surface area contributed by atoms with Crippen molar-refractivity contribution in [2.45, 2.75) is 43.9 Å². The monoisotopic (exact) mass is 261 g/mol. The van der Waals surface area contributed by atoms with E-state index in [1.807, 2.05) is 11.3 Å². The Balaban J connectivity index is 1.74. The Kier molecular flexibility index (Phi) is 2.44. The highest BCUT2D eigenvalue weighted by Gasteiger charge is 2.58. The molecular formula is C16H23NS. The average molecular weight is 261 g/mol. The highest BCUT2D eigenvalue weighted by molar-refractivity contribution is 7.10. The quantitative estimate of drug-likeness (QED) is 0.872. The smallest absolute Gasteiger partial charge is 0.0107 e. The van der Waals surface area contributed by atoms with Crippen molar-refractivity contribution in [2.24, 2.45) is 17.3 Å². The first-order valence-corrected chi connectivity index (χ1v) is 8.30. The molecule has 0 amide bonds. The molecule has 0 aromatic carbocycles. The molecule has 2 atom stereocenters. The maximum absolute atomic E-state index is 3.49. The molecule has 1 N–H and O–H groups in total. The summed E-state index contributed by atoms with van der Waals surface area (Å²) >= 11 is 2.01. The molecule has 0 saturated heterocycles. The summed E-state index contributed by atoms with van der Waals surface area (Å²) < 4.78 is 0. The third kappa shape index (κ3) is 1.55. The molecule has 4 fully saturated rings. The van der Waals surface area contributed by atoms with Gasteiger partial charge in [0.2, 0.25) is 0 Å². The number of nitrogens with one attached hydrogen (secondary N) is 1. The van der Waals surface area contributed by atoms with Crippen LogP contribution in [0.3, 0.4) is 0 Å². The van der Waals surface area contributed by atoms with E-state index >= 15 is 0 Å². The van der Waals surface area contributed by atoms with Crippen LogP contribution in [-0.4, -0.2) is 13.6 Å². The number of hydrogen-bond donors (Lipinski definition) is 1. The van der Waals surface area contributed by atoms with Gasteiger partial charge >= 0.3 is 0 Å². The van der Waals surface area contributed by atoms with Gasteiger partial charge in [0, 0.05) is 16.8 Å². The summed E-state index contributed by atoms with van der Waals surface area (Å²) in [7, 11) is 2.14. The molecule has 2 heteroatoms. The Bertz CT molecular complexity index is 422. The molecule has 0 spiro atoms. The van der Waals surface area contributed by atoms with Crippen LogP contribution in [0, 0.1) is 17.3 Å². The van der Waals surface area contributed by atoms with Crippen molar-refractivity contribution in [3.63, 3.8) is 0 Å². The third-order valence-electron chi connectivity index (χ3n) is 5.78. The second-order valence-electron chi connectivity index (χ2n) is 7.25. The maximum atomic E-state index is 3.49. The zero-order valence-corrected chi connectivity index (χ0v) is 12.1. The van der Waals surface area contributed by atoms with Gasteiger partial charge in [0.1, 0.15) is 0 Å². The van der Waals surface area contributed by atoms with Crippen LogP contribution in [0.1, 0.15) is 43.4 Å². The minimum Gasteiger partial charge on any atom is -0.319 e. The van der Waals surface area contributed by atoms with E-state index in [9.17, 15) is 0 Å². The Morgan fingerprint density at radius 1 is 1.28 bits per heavy atom. The van der Waals surface area contributed by atoms with Crippen molar-refractivity contribution >= 4 is 11.3 Å². The second kappa shape index (κ2) is 3.83. The van der Waals surface area contributed by atoms with Crippen molar-refractivity contribution in [1.29, 1.82) is 0 Å². The van der Waals surface area contributed by atoms with E-state index in [-0.39, 0.29) is 0 Å². The summed E-state index contributed by atoms with van der Waals surface area (Å²) in [5, 5.41) is 5.77. The Labute approximate surface area is 114 Å². The van der Waals surface area contributed by atoms with E-state index < -0.39 is 0 Å². The first kappa shape index (κ1) is 11.5. The lowest BCUT2D eigenvalue weighted by molar-refractivity contribution is -0.0686. The number of hydrogen-bond acceptors (Lipinski definition) is 2. The fourth-order valence-corrected chi connectivity index (χ4v) is 6.85. The molecule has 4 bridgehead atoms. The Morgan fingerprint density at radius 3 is 2.67 bits per heavy atom. The third-order valence-corrected chi connectivity index (χ3v) is 6.89. The Hall–Kier alpha value is -0.340. The van der Waals surface area contributed by atoms with Crippen LogP contribution in [0.4, 0.5) is 0 Å². The van der Waals surface area contributed by atoms with Crippen LogP contribution in [-0.2, 0) is 5.41 Å². The summed E-state index contributed by atoms with van der Waals surface area (Å²) in [6.45, 7) is 1.24. The van der Waals surface area contributed by atoms with Crippen molar-refractivity contribution in [3.05, 3.63) is 22.4 Å². The SMILES string of the molecule is CNCC12CC3CC(C1)CC(c1cccs1)(C3)C2. The van der Waals surface area contributed by atoms with Gasteiger partial charge in [-0.3, -0.25) is 0 Å². The second-order valence-corrected chi connectivity index (χ2v) is 8.20. The van der Waals surface area contributed by atoms with Crippen molar-refractivity contribution in [3.8, 4) is 0 Å². The van der Waals surface area contributed by atoms with Gasteiger partial charge in [0.05, 0.1) is 0 Å². The molecule has 5 rings (SSSR count). The highest BCUT2D eigenvalue weighted by atomic mass is 32.1. The summed E-state index contributed by atoms with van der Waals surface area (Å²) in [6.07, 6.45) is 8.94. The standard InChI is InChI=1S/C16H23NS/c1-17-11-15-6-12-5-13(7-15)9-16(8-12,10-15)14-3-2-4-18-14/h2-4,12-13,17H,5-11H2,1H3. The fraction of sp³-hybridized carbons (Fsp3) is 0.750. The highest BCUT2D eigenvalue weighted by Crippen LogP contribution is 2.65. The molecule has 1 aromatic rings. The largest absolute Gasteiger partial charge is 0.319 e. The molecule has 4 aliphatic carbocycles. The van der Waals surface area contributed by atoms with Crippen LogP contribution in [0.25, 0.3) is 0 Å². The van der Waals surface area contributed by atoms with Crippen molar-refractivity contribution in [1.82, 2.24) is 5.32 Å². The molecule has 2 unspecified atom stereocenters. The lowest BCUT2D eigenvalue weighted by atomic mass is 9.44. The van der Waals surface area contributed by atoms with E-state index in [0.717, 1.165) is 11.8 Å². The van der Waals surface area contributed by atoms with Gasteiger partial charge < -0.3 is 5.32 Å². The first-order valence-electron chi connectivity index (χ1n) is 7.42. The van der Waals surface area contributed by atoms with Gasteiger partial charge in [-0.1, -0.05) is 6.07 Å². The van der Waals surface area contributed by atoms with E-state index in [1.165, 1.54) is 45.1 Å². The van der Waals surface area contributed by atoms with E-state index in [2.05, 4.69) is 29.9 Å². The minimum atomic E-state index is 0.565. The van der Waals surface area contributed by atoms with Gasteiger partial charge in [0.15, 0.2) is 0 Å². The lowest BCUT2D eigenvalue weighted by Gasteiger charge is -2.62. The van der Waals surface area contributed by atoms with E-state index in [0.29, 0.717) is 10.8 Å². The molecule has 0 aliphatic heterocycles. The van der Waals surface area contributed by atoms with E-state index in [1.54, 1.807) is 4.88 Å². The van der Waals surface area contributed by atoms with Gasteiger partial charge in [-0.2, -0.15) is 0 Å². The number of thiophene rings is 1. The molecule has 18 heavy (non-hydrogen) atoms. The van der Waals surface area contributed by atoms with E-state index in [4.69, 9.17) is 0 Å². The zero-order valence-electron chi connectivity index (χ0n) is 11.2. The fourth-order valence-electron chi connectivity index (χ4n) is 5.90. The molecule has 98 valence electrons. The first-order chi connectivity index (χ1) is 8.74. The van der Waals surface area contributed by atoms with Crippen LogP contribution < -0.4 is 5.32 Å². The van der Waals surface area contributed by atoms with Gasteiger partial charge in [-0.05, 0) is 74.3 Å². The van der Waals surface area contributed by atoms with Gasteiger partial charge in [-0.15, -0.1) is 11.3 Å². The zero-order chi connectivity index (χ0) is 12.2. The van der Waals surface area contributed by atoms with Crippen molar-refractivity contribution in [2.75, 3.05) is 13.6 Å². The molecule has 1 aromatic heterocycles. The summed E-state index contributed by atoms with van der Waals surface area (Å²) in [4.78, 5) is 1.69. The molecule has 4 saturated carbocycles. The lowest BCUT2D eigenvalue weighted by Crippen LogP contribution is -2.56. The minimum absolute atomic E-state index is 0.565. The molecule has 1 nitrogen and oxygen atoms in total. The van der Waals surface area contributed by atoms with Gasteiger partial charge in [-0.25, -0.2) is 0 Å². The Morgan fingerprint density at radius 2 is 2.06 bits per heavy atom. The topological polar surface area (TPSA) is 12.0 Å². The number of rotatable bonds is 3. The summed E-state index contributed by atoms with van der Waals surface area (Å²) in [5.74, 6) is 2.03. The summed E-state index contributed by atoms with van der Waals surface area (Å²) in [6, 6.07) is 4.66. The van der Waals surface area contributed by atoms with Crippen LogP contribution in [0.5, 0.6) is 0 Å². The molecule has 0 radical (unpaired) electrons. The van der Waals surface area contributed by atoms with Crippen LogP contribution in [0.2, 0.25) is 0 Å². The maximum Gasteiger partial charge on any atom is 0.0107 e. The molecule has 1 heterocycles. The predicted octanol–water partition coefficient (Wildman–Crippen LogP) is 3.81. The average Bonchev–Trinajstić information content (AvgIpc) is 2.80. The molecular weight excluding hydrogens is 238 g/mol. The van der Waals surface area contributed by atoms with Crippen LogP contribution >= 0.6 is 11.3 Å². The molecule has 4 aliphatic rings. The van der Waals surface area contributed by atoms with Gasteiger partial charge in [0.25, 0.3) is 0 Å². The predicted molar refractivity (Wildman–Crippen MR) is 77.0 cm³/mol.